The van der Waals surface area contributed by atoms with Crippen molar-refractivity contribution in [2.75, 3.05) is 0 Å². The van der Waals surface area contributed by atoms with Crippen LogP contribution < -0.4 is 41.4 Å². The molecule has 0 fully saturated rings. The van der Waals surface area contributed by atoms with E-state index in [0.717, 1.165) is 26.0 Å². The Kier molecular flexibility index (Phi) is 15.1. The van der Waals surface area contributed by atoms with Crippen LogP contribution in [0.3, 0.4) is 0 Å². The molecule has 4 rings (SSSR count). The Morgan fingerprint density at radius 3 is 1.27 bits per heavy atom. The van der Waals surface area contributed by atoms with E-state index in [4.69, 9.17) is 18.9 Å². The number of benzene rings is 3. The number of phosphoric ester groups is 6. The fraction of sp³-hybridized carbons (Fsp3) is 0.192. The Morgan fingerprint density at radius 1 is 0.524 bits per heavy atom. The summed E-state index contributed by atoms with van der Waals surface area (Å²) >= 11 is 0. The van der Waals surface area contributed by atoms with Gasteiger partial charge in [0.25, 0.3) is 0 Å². The fourth-order valence-corrected chi connectivity index (χ4v) is 7.55. The number of hydrogen-bond donors (Lipinski definition) is 12. The minimum Gasteiger partial charge on any atom is -0.481 e. The molecule has 0 saturated carbocycles. The maximum atomic E-state index is 13.9. The van der Waals surface area contributed by atoms with Crippen LogP contribution in [0.2, 0.25) is 0 Å². The molecule has 1 aliphatic heterocycles. The summed E-state index contributed by atoms with van der Waals surface area (Å²) in [6, 6.07) is 3.32. The van der Waals surface area contributed by atoms with Gasteiger partial charge in [-0.2, -0.15) is 0 Å². The lowest BCUT2D eigenvalue weighted by Gasteiger charge is -2.35. The van der Waals surface area contributed by atoms with Crippen molar-refractivity contribution < 1.29 is 147 Å². The number of fused-ring (bicyclic) bond motifs is 1. The Balaban J connectivity index is 2.05. The first-order valence-electron chi connectivity index (χ1n) is 15.7. The van der Waals surface area contributed by atoms with Crippen LogP contribution in [0.4, 0.5) is 0 Å². The standard InChI is InChI=1S/C26H28O31P6/c1-10(27)48-14-7-16(49-11(2)28)15-9-18(51-26(29)13-5-21(54-60(36,37)38)25(57-63(45,46)47)22(6-13)55-61(39,40)41)23(50-17(15)8-14)12-3-19(52-58(30,31)32)24(56-62(42,43)44)20(4-12)53-59(33,34)35/h3-8,18,23H,9H2,1-2H3,(H2,30,31,32)(H2,33,34,35)(H2,36,37,38)(H2,39,40,41)(H2,42,43,44)(H2,45,46,47)/t18-,23-/m1/s1. The zero-order chi connectivity index (χ0) is 47.8. The van der Waals surface area contributed by atoms with Gasteiger partial charge >= 0.3 is 64.8 Å². The molecule has 12 N–H and O–H groups in total. The van der Waals surface area contributed by atoms with Crippen molar-refractivity contribution in [3.8, 4) is 51.7 Å². The summed E-state index contributed by atoms with van der Waals surface area (Å²) in [6.07, 6.45) is -4.91. The Morgan fingerprint density at radius 2 is 0.905 bits per heavy atom. The summed E-state index contributed by atoms with van der Waals surface area (Å²) in [5.41, 5.74) is -2.08. The molecule has 0 bridgehead atoms. The normalized spacial score (nSPS) is 15.8. The summed E-state index contributed by atoms with van der Waals surface area (Å²) in [5.74, 6) is -14.1. The van der Waals surface area contributed by atoms with E-state index in [-0.39, 0.29) is 23.4 Å². The highest BCUT2D eigenvalue weighted by Gasteiger charge is 2.41. The molecule has 0 unspecified atom stereocenters. The molecular formula is C26H28O31P6. The average Bonchev–Trinajstić information content (AvgIpc) is 3.03. The summed E-state index contributed by atoms with van der Waals surface area (Å²) in [5, 5.41) is 0. The molecular weight excluding hydrogens is 994 g/mol. The van der Waals surface area contributed by atoms with Crippen LogP contribution >= 0.6 is 46.9 Å². The minimum absolute atomic E-state index is 0.239. The summed E-state index contributed by atoms with van der Waals surface area (Å²) in [4.78, 5) is 152. The van der Waals surface area contributed by atoms with Crippen molar-refractivity contribution in [1.29, 1.82) is 0 Å². The Hall–Kier alpha value is -4.43. The van der Waals surface area contributed by atoms with E-state index in [1.54, 1.807) is 0 Å². The predicted octanol–water partition coefficient (Wildman–Crippen LogP) is 1.27. The van der Waals surface area contributed by atoms with Crippen molar-refractivity contribution >= 4 is 64.8 Å². The third-order valence-electron chi connectivity index (χ3n) is 6.83. The second kappa shape index (κ2) is 18.6. The van der Waals surface area contributed by atoms with Crippen LogP contribution in [0.25, 0.3) is 0 Å². The van der Waals surface area contributed by atoms with Gasteiger partial charge < -0.3 is 46.1 Å². The second-order valence-corrected chi connectivity index (χ2v) is 18.9. The number of esters is 3. The number of rotatable bonds is 17. The molecule has 0 spiro atoms. The molecule has 0 aromatic heterocycles. The van der Waals surface area contributed by atoms with E-state index in [1.807, 2.05) is 0 Å². The zero-order valence-electron chi connectivity index (χ0n) is 30.6. The number of carbonyl (C=O) groups is 3. The highest BCUT2D eigenvalue weighted by molar-refractivity contribution is 7.48. The lowest BCUT2D eigenvalue weighted by Crippen LogP contribution is -2.35. The summed E-state index contributed by atoms with van der Waals surface area (Å²) < 4.78 is 119. The Bertz CT molecular complexity index is 2520. The van der Waals surface area contributed by atoms with E-state index in [1.165, 1.54) is 0 Å². The zero-order valence-corrected chi connectivity index (χ0v) is 36.0. The minimum atomic E-state index is -5.84. The van der Waals surface area contributed by atoms with Crippen molar-refractivity contribution in [2.24, 2.45) is 0 Å². The molecule has 2 atom stereocenters. The Labute approximate surface area is 348 Å². The van der Waals surface area contributed by atoms with Crippen LogP contribution in [-0.2, 0) is 48.1 Å². The fourth-order valence-electron chi connectivity index (χ4n) is 5.14. The van der Waals surface area contributed by atoms with E-state index in [0.29, 0.717) is 12.1 Å². The first kappa shape index (κ1) is 51.2. The maximum absolute atomic E-state index is 13.9. The van der Waals surface area contributed by atoms with Gasteiger partial charge in [-0.15, -0.1) is 0 Å². The van der Waals surface area contributed by atoms with Crippen molar-refractivity contribution in [3.05, 3.63) is 53.1 Å². The largest absolute Gasteiger partial charge is 0.525 e. The van der Waals surface area contributed by atoms with Gasteiger partial charge in [0, 0.05) is 43.5 Å². The number of carbonyl (C=O) groups excluding carboxylic acids is 3. The van der Waals surface area contributed by atoms with Crippen molar-refractivity contribution in [3.63, 3.8) is 0 Å². The van der Waals surface area contributed by atoms with Gasteiger partial charge in [0.05, 0.1) is 5.56 Å². The van der Waals surface area contributed by atoms with Gasteiger partial charge in [0.1, 0.15) is 23.4 Å². The first-order valence-corrected chi connectivity index (χ1v) is 24.9. The molecule has 37 heteroatoms. The lowest BCUT2D eigenvalue weighted by molar-refractivity contribution is -0.132. The van der Waals surface area contributed by atoms with Gasteiger partial charge in [-0.3, -0.25) is 68.3 Å². The number of phosphoric acid groups is 6. The molecule has 31 nitrogen and oxygen atoms in total. The van der Waals surface area contributed by atoms with E-state index in [2.05, 4.69) is 27.1 Å². The van der Waals surface area contributed by atoms with E-state index >= 15 is 0 Å². The van der Waals surface area contributed by atoms with Crippen LogP contribution in [0, 0.1) is 0 Å². The molecule has 0 radical (unpaired) electrons. The van der Waals surface area contributed by atoms with Crippen LogP contribution in [0.5, 0.6) is 51.7 Å². The van der Waals surface area contributed by atoms with E-state index < -0.39 is 141 Å². The molecule has 1 aliphatic rings. The summed E-state index contributed by atoms with van der Waals surface area (Å²) in [6.45, 7) is 1.86. The average molecular weight is 1020 g/mol. The number of ether oxygens (including phenoxy) is 4. The highest BCUT2D eigenvalue weighted by atomic mass is 31.2. The molecule has 1 heterocycles. The topological polar surface area (TPSA) is 489 Å². The predicted molar refractivity (Wildman–Crippen MR) is 194 cm³/mol. The maximum Gasteiger partial charge on any atom is 0.525 e. The lowest BCUT2D eigenvalue weighted by atomic mass is 9.93. The smallest absolute Gasteiger partial charge is 0.481 e. The highest BCUT2D eigenvalue weighted by Crippen LogP contribution is 2.57. The van der Waals surface area contributed by atoms with Gasteiger partial charge in [0.2, 0.25) is 11.5 Å². The van der Waals surface area contributed by atoms with Gasteiger partial charge in [-0.05, 0) is 24.3 Å². The van der Waals surface area contributed by atoms with Crippen LogP contribution in [-0.4, -0.2) is 82.7 Å². The van der Waals surface area contributed by atoms with Crippen LogP contribution in [0.15, 0.2) is 36.4 Å². The quantitative estimate of drug-likeness (QED) is 0.0514. The molecule has 63 heavy (non-hydrogen) atoms. The third kappa shape index (κ3) is 16.0. The van der Waals surface area contributed by atoms with Gasteiger partial charge in [-0.1, -0.05) is 0 Å². The number of hydrogen-bond acceptors (Lipinski definition) is 19. The monoisotopic (exact) mass is 1020 g/mol. The molecule has 0 saturated heterocycles. The molecule has 3 aromatic carbocycles. The summed E-state index contributed by atoms with van der Waals surface area (Å²) in [7, 11) is -35.0. The second-order valence-electron chi connectivity index (χ2n) is 11.9. The molecule has 0 amide bonds. The van der Waals surface area contributed by atoms with Crippen LogP contribution in [0.1, 0.15) is 41.4 Å². The van der Waals surface area contributed by atoms with Crippen molar-refractivity contribution in [2.45, 2.75) is 32.5 Å². The van der Waals surface area contributed by atoms with E-state index in [9.17, 15) is 100 Å². The SMILES string of the molecule is CC(=O)Oc1cc(OC(C)=O)c2c(c1)O[C@H](c1cc(OP(=O)(O)O)c(OP(=O)(O)O)c(OP(=O)(O)O)c1)[C@H](OC(=O)c1cc(OP(=O)(O)O)c(OP(=O)(O)O)c(OP(=O)(O)O)c1)C2. The van der Waals surface area contributed by atoms with Gasteiger partial charge in [0.15, 0.2) is 29.1 Å². The molecule has 3 aromatic rings. The third-order valence-corrected chi connectivity index (χ3v) is 9.41. The molecule has 0 aliphatic carbocycles. The first-order chi connectivity index (χ1) is 28.4. The molecule has 348 valence electrons. The van der Waals surface area contributed by atoms with Gasteiger partial charge in [-0.25, -0.2) is 32.2 Å². The van der Waals surface area contributed by atoms with Crippen molar-refractivity contribution in [1.82, 2.24) is 0 Å².